The molecular weight excluding hydrogens is 226 g/mol. The van der Waals surface area contributed by atoms with E-state index in [0.29, 0.717) is 12.3 Å². The Bertz CT molecular complexity index is 613. The zero-order valence-electron chi connectivity index (χ0n) is 10.5. The number of hydrogen-bond donors (Lipinski definition) is 0. The molecule has 3 heteroatoms. The summed E-state index contributed by atoms with van der Waals surface area (Å²) in [5.74, 6) is -0.247. The van der Waals surface area contributed by atoms with Crippen LogP contribution in [0.5, 0.6) is 0 Å². The van der Waals surface area contributed by atoms with Crippen LogP contribution in [0, 0.1) is 0 Å². The molecule has 0 unspecified atom stereocenters. The fourth-order valence-electron chi connectivity index (χ4n) is 2.69. The van der Waals surface area contributed by atoms with Crippen molar-refractivity contribution in [1.82, 2.24) is 4.57 Å². The maximum atomic E-state index is 11.9. The maximum absolute atomic E-state index is 11.9. The average molecular weight is 241 g/mol. The van der Waals surface area contributed by atoms with Crippen molar-refractivity contribution in [3.8, 4) is 11.3 Å². The quantitative estimate of drug-likeness (QED) is 0.756. The molecule has 2 heterocycles. The third-order valence-electron chi connectivity index (χ3n) is 3.48. The second-order valence-corrected chi connectivity index (χ2v) is 4.46. The largest absolute Gasteiger partial charge is 0.461 e. The van der Waals surface area contributed by atoms with Gasteiger partial charge in [-0.25, -0.2) is 4.79 Å². The molecule has 3 rings (SSSR count). The van der Waals surface area contributed by atoms with Gasteiger partial charge in [-0.15, -0.1) is 0 Å². The van der Waals surface area contributed by atoms with E-state index in [2.05, 4.69) is 23.6 Å². The minimum atomic E-state index is -0.247. The van der Waals surface area contributed by atoms with E-state index in [1.54, 1.807) is 0 Å². The lowest BCUT2D eigenvalue weighted by atomic mass is 10.0. The standard InChI is InChI=1S/C15H15NO2/c1-3-18-15(17)14-9-8-13-12-7-5-4-6-11(12)10(2)16(13)14/h4-10H,3H2,1-2H3/t10-/m1/s1. The van der Waals surface area contributed by atoms with Crippen LogP contribution in [0.4, 0.5) is 0 Å². The van der Waals surface area contributed by atoms with Gasteiger partial charge in [0, 0.05) is 11.3 Å². The summed E-state index contributed by atoms with van der Waals surface area (Å²) in [4.78, 5) is 11.9. The van der Waals surface area contributed by atoms with Gasteiger partial charge in [-0.1, -0.05) is 24.3 Å². The van der Waals surface area contributed by atoms with Gasteiger partial charge in [0.15, 0.2) is 0 Å². The number of carbonyl (C=O) groups is 1. The Labute approximate surface area is 106 Å². The summed E-state index contributed by atoms with van der Waals surface area (Å²) in [5.41, 5.74) is 4.20. The molecule has 1 atom stereocenters. The van der Waals surface area contributed by atoms with Gasteiger partial charge in [0.2, 0.25) is 0 Å². The molecule has 0 saturated carbocycles. The van der Waals surface area contributed by atoms with Gasteiger partial charge in [0.1, 0.15) is 5.69 Å². The maximum Gasteiger partial charge on any atom is 0.354 e. The first-order valence-electron chi connectivity index (χ1n) is 6.21. The molecule has 2 aromatic rings. The van der Waals surface area contributed by atoms with Gasteiger partial charge < -0.3 is 9.30 Å². The lowest BCUT2D eigenvalue weighted by molar-refractivity contribution is 0.0513. The summed E-state index contributed by atoms with van der Waals surface area (Å²) in [7, 11) is 0. The zero-order chi connectivity index (χ0) is 12.7. The Kier molecular flexibility index (Phi) is 2.47. The van der Waals surface area contributed by atoms with Gasteiger partial charge in [0.05, 0.1) is 12.6 Å². The predicted octanol–water partition coefficient (Wildman–Crippen LogP) is 3.25. The Balaban J connectivity index is 2.12. The average Bonchev–Trinajstić information content (AvgIpc) is 2.92. The SMILES string of the molecule is CCOC(=O)c1ccc2n1[C@H](C)c1ccccc1-2. The Morgan fingerprint density at radius 3 is 2.83 bits per heavy atom. The number of carbonyl (C=O) groups excluding carboxylic acids is 1. The van der Waals surface area contributed by atoms with Crippen LogP contribution in [0.2, 0.25) is 0 Å². The summed E-state index contributed by atoms with van der Waals surface area (Å²) >= 11 is 0. The summed E-state index contributed by atoms with van der Waals surface area (Å²) in [6.45, 7) is 4.34. The zero-order valence-corrected chi connectivity index (χ0v) is 10.5. The van der Waals surface area contributed by atoms with Crippen molar-refractivity contribution in [2.24, 2.45) is 0 Å². The molecule has 3 nitrogen and oxygen atoms in total. The van der Waals surface area contributed by atoms with E-state index in [4.69, 9.17) is 4.74 Å². The fraction of sp³-hybridized carbons (Fsp3) is 0.267. The number of nitrogens with zero attached hydrogens (tertiary/aromatic N) is 1. The van der Waals surface area contributed by atoms with Crippen molar-refractivity contribution < 1.29 is 9.53 Å². The van der Waals surface area contributed by atoms with Crippen LogP contribution in [0.1, 0.15) is 35.9 Å². The molecule has 0 saturated heterocycles. The monoisotopic (exact) mass is 241 g/mol. The number of ether oxygens (including phenoxy) is 1. The molecule has 18 heavy (non-hydrogen) atoms. The Morgan fingerprint density at radius 1 is 1.28 bits per heavy atom. The molecule has 92 valence electrons. The summed E-state index contributed by atoms with van der Waals surface area (Å²) in [5, 5.41) is 0. The van der Waals surface area contributed by atoms with Crippen LogP contribution in [0.15, 0.2) is 36.4 Å². The molecule has 0 aliphatic carbocycles. The van der Waals surface area contributed by atoms with E-state index in [9.17, 15) is 4.79 Å². The first-order chi connectivity index (χ1) is 8.74. The highest BCUT2D eigenvalue weighted by Gasteiger charge is 2.29. The lowest BCUT2D eigenvalue weighted by Crippen LogP contribution is -2.13. The van der Waals surface area contributed by atoms with E-state index in [1.165, 1.54) is 11.1 Å². The van der Waals surface area contributed by atoms with Gasteiger partial charge in [0.25, 0.3) is 0 Å². The number of rotatable bonds is 2. The van der Waals surface area contributed by atoms with Crippen LogP contribution in [-0.2, 0) is 4.74 Å². The van der Waals surface area contributed by atoms with Crippen molar-refractivity contribution in [1.29, 1.82) is 0 Å². The van der Waals surface area contributed by atoms with Gasteiger partial charge in [-0.3, -0.25) is 0 Å². The first kappa shape index (κ1) is 11.1. The topological polar surface area (TPSA) is 31.2 Å². The summed E-state index contributed by atoms with van der Waals surface area (Å²) in [6, 6.07) is 12.3. The van der Waals surface area contributed by atoms with Crippen LogP contribution < -0.4 is 0 Å². The van der Waals surface area contributed by atoms with Gasteiger partial charge in [-0.2, -0.15) is 0 Å². The molecule has 1 aromatic heterocycles. The summed E-state index contributed by atoms with van der Waals surface area (Å²) < 4.78 is 7.16. The van der Waals surface area contributed by atoms with Crippen LogP contribution >= 0.6 is 0 Å². The number of fused-ring (bicyclic) bond motifs is 3. The van der Waals surface area contributed by atoms with Crippen LogP contribution in [0.3, 0.4) is 0 Å². The Morgan fingerprint density at radius 2 is 2.06 bits per heavy atom. The second kappa shape index (κ2) is 4.02. The number of aromatic nitrogens is 1. The molecular formula is C15H15NO2. The lowest BCUT2D eigenvalue weighted by Gasteiger charge is -2.12. The molecule has 0 fully saturated rings. The predicted molar refractivity (Wildman–Crippen MR) is 69.6 cm³/mol. The van der Waals surface area contributed by atoms with Crippen molar-refractivity contribution >= 4 is 5.97 Å². The second-order valence-electron chi connectivity index (χ2n) is 4.46. The highest BCUT2D eigenvalue weighted by atomic mass is 16.5. The number of esters is 1. The third kappa shape index (κ3) is 1.40. The molecule has 1 aliphatic heterocycles. The molecule has 0 radical (unpaired) electrons. The molecule has 1 aromatic carbocycles. The van der Waals surface area contributed by atoms with E-state index in [0.717, 1.165) is 5.69 Å². The third-order valence-corrected chi connectivity index (χ3v) is 3.48. The van der Waals surface area contributed by atoms with Gasteiger partial charge in [-0.05, 0) is 31.5 Å². The first-order valence-corrected chi connectivity index (χ1v) is 6.21. The van der Waals surface area contributed by atoms with E-state index >= 15 is 0 Å². The number of benzene rings is 1. The van der Waals surface area contributed by atoms with E-state index in [-0.39, 0.29) is 12.0 Å². The van der Waals surface area contributed by atoms with Gasteiger partial charge >= 0.3 is 5.97 Å². The molecule has 0 spiro atoms. The molecule has 1 aliphatic rings. The van der Waals surface area contributed by atoms with Crippen LogP contribution in [0.25, 0.3) is 11.3 Å². The van der Waals surface area contributed by atoms with Crippen molar-refractivity contribution in [3.63, 3.8) is 0 Å². The molecule has 0 amide bonds. The van der Waals surface area contributed by atoms with Crippen molar-refractivity contribution in [3.05, 3.63) is 47.7 Å². The highest BCUT2D eigenvalue weighted by molar-refractivity contribution is 5.90. The Hall–Kier alpha value is -2.03. The van der Waals surface area contributed by atoms with Crippen molar-refractivity contribution in [2.45, 2.75) is 19.9 Å². The molecule has 0 bridgehead atoms. The normalized spacial score (nSPS) is 16.2. The van der Waals surface area contributed by atoms with E-state index in [1.807, 2.05) is 31.2 Å². The minimum absolute atomic E-state index is 0.186. The van der Waals surface area contributed by atoms with Crippen LogP contribution in [-0.4, -0.2) is 17.1 Å². The fourth-order valence-corrected chi connectivity index (χ4v) is 2.69. The van der Waals surface area contributed by atoms with Crippen molar-refractivity contribution in [2.75, 3.05) is 6.61 Å². The summed E-state index contributed by atoms with van der Waals surface area (Å²) in [6.07, 6.45) is 0. The molecule has 0 N–H and O–H groups in total. The highest BCUT2D eigenvalue weighted by Crippen LogP contribution is 2.40. The minimum Gasteiger partial charge on any atom is -0.461 e. The number of hydrogen-bond acceptors (Lipinski definition) is 2. The van der Waals surface area contributed by atoms with E-state index < -0.39 is 0 Å². The smallest absolute Gasteiger partial charge is 0.354 e.